The molecule has 184 valence electrons. The van der Waals surface area contributed by atoms with Gasteiger partial charge in [0, 0.05) is 55.8 Å². The van der Waals surface area contributed by atoms with Gasteiger partial charge in [0.1, 0.15) is 12.1 Å². The van der Waals surface area contributed by atoms with E-state index in [1.54, 1.807) is 41.6 Å². The molecule has 0 spiro atoms. The summed E-state index contributed by atoms with van der Waals surface area (Å²) in [7, 11) is -3.48. The average molecular weight is 502 g/mol. The third-order valence-electron chi connectivity index (χ3n) is 6.40. The molecule has 1 amide bonds. The minimum atomic E-state index is -3.48. The van der Waals surface area contributed by atoms with Crippen LogP contribution in [0.3, 0.4) is 0 Å². The third kappa shape index (κ3) is 5.36. The topological polar surface area (TPSA) is 96.4 Å². The van der Waals surface area contributed by atoms with E-state index in [2.05, 4.69) is 25.9 Å². The first-order valence-electron chi connectivity index (χ1n) is 12.0. The molecule has 1 aliphatic heterocycles. The van der Waals surface area contributed by atoms with E-state index in [0.29, 0.717) is 19.6 Å². The van der Waals surface area contributed by atoms with Crippen molar-refractivity contribution in [3.05, 3.63) is 79.3 Å². The molecule has 1 saturated heterocycles. The first kappa shape index (κ1) is 23.9. The molecule has 0 N–H and O–H groups in total. The van der Waals surface area contributed by atoms with Crippen molar-refractivity contribution in [3.8, 4) is 11.3 Å². The van der Waals surface area contributed by atoms with Crippen LogP contribution in [-0.2, 0) is 14.6 Å². The molecule has 1 fully saturated rings. The molecule has 0 unspecified atom stereocenters. The minimum absolute atomic E-state index is 0.0240. The van der Waals surface area contributed by atoms with Crippen LogP contribution in [0, 0.1) is 0 Å². The number of anilines is 1. The fraction of sp³-hybridized carbons (Fsp3) is 0.259. The van der Waals surface area contributed by atoms with Gasteiger partial charge < -0.3 is 9.80 Å². The summed E-state index contributed by atoms with van der Waals surface area (Å²) in [6.07, 6.45) is 4.13. The zero-order valence-corrected chi connectivity index (χ0v) is 20.6. The highest BCUT2D eigenvalue weighted by Gasteiger charge is 2.23. The number of fused-ring (bicyclic) bond motifs is 1. The molecule has 0 atom stereocenters. The molecule has 9 heteroatoms. The fourth-order valence-electron chi connectivity index (χ4n) is 4.41. The molecule has 3 heterocycles. The first-order valence-corrected chi connectivity index (χ1v) is 13.6. The molecule has 1 aliphatic rings. The monoisotopic (exact) mass is 501 g/mol. The Balaban J connectivity index is 1.23. The summed E-state index contributed by atoms with van der Waals surface area (Å²) < 4.78 is 25.1. The Labute approximate surface area is 210 Å². The number of carbonyl (C=O) groups is 1. The average Bonchev–Trinajstić information content (AvgIpc) is 3.19. The van der Waals surface area contributed by atoms with Crippen molar-refractivity contribution in [2.75, 3.05) is 36.8 Å². The van der Waals surface area contributed by atoms with Crippen LogP contribution in [0.1, 0.15) is 12.8 Å². The zero-order chi connectivity index (χ0) is 25.0. The van der Waals surface area contributed by atoms with Crippen LogP contribution >= 0.6 is 0 Å². The van der Waals surface area contributed by atoms with Crippen LogP contribution in [0.2, 0.25) is 0 Å². The summed E-state index contributed by atoms with van der Waals surface area (Å²) in [4.78, 5) is 30.5. The lowest BCUT2D eigenvalue weighted by Gasteiger charge is -2.23. The SMILES string of the molecule is O=C(CCS(=O)(=O)c1ccccc1)N1CCCN(c2cc(-c3cnc4ccccc4c3)ncn2)CC1. The van der Waals surface area contributed by atoms with Gasteiger partial charge in [-0.2, -0.15) is 0 Å². The molecule has 4 aromatic rings. The summed E-state index contributed by atoms with van der Waals surface area (Å²) in [5.41, 5.74) is 2.65. The highest BCUT2D eigenvalue weighted by Crippen LogP contribution is 2.24. The van der Waals surface area contributed by atoms with Gasteiger partial charge in [0.2, 0.25) is 5.91 Å². The maximum Gasteiger partial charge on any atom is 0.223 e. The van der Waals surface area contributed by atoms with E-state index in [1.165, 1.54) is 0 Å². The second kappa shape index (κ2) is 10.4. The van der Waals surface area contributed by atoms with E-state index in [0.717, 1.165) is 40.9 Å². The second-order valence-corrected chi connectivity index (χ2v) is 10.9. The van der Waals surface area contributed by atoms with Gasteiger partial charge in [0.15, 0.2) is 9.84 Å². The van der Waals surface area contributed by atoms with Gasteiger partial charge in [-0.15, -0.1) is 0 Å². The highest BCUT2D eigenvalue weighted by molar-refractivity contribution is 7.91. The lowest BCUT2D eigenvalue weighted by Crippen LogP contribution is -2.36. The van der Waals surface area contributed by atoms with E-state index in [1.807, 2.05) is 36.5 Å². The number of sulfone groups is 1. The molecule has 0 saturated carbocycles. The van der Waals surface area contributed by atoms with Gasteiger partial charge >= 0.3 is 0 Å². The predicted molar refractivity (Wildman–Crippen MR) is 139 cm³/mol. The van der Waals surface area contributed by atoms with Gasteiger partial charge in [-0.05, 0) is 30.7 Å². The van der Waals surface area contributed by atoms with Crippen LogP contribution in [0.5, 0.6) is 0 Å². The molecule has 8 nitrogen and oxygen atoms in total. The lowest BCUT2D eigenvalue weighted by atomic mass is 10.1. The van der Waals surface area contributed by atoms with Gasteiger partial charge in [0.05, 0.1) is 21.9 Å². The number of para-hydroxylation sites is 1. The summed E-state index contributed by atoms with van der Waals surface area (Å²) in [5.74, 6) is 0.474. The van der Waals surface area contributed by atoms with Gasteiger partial charge in [-0.25, -0.2) is 18.4 Å². The Bertz CT molecular complexity index is 1480. The smallest absolute Gasteiger partial charge is 0.223 e. The summed E-state index contributed by atoms with van der Waals surface area (Å²) in [5, 5.41) is 1.05. The number of aromatic nitrogens is 3. The molecule has 0 aliphatic carbocycles. The number of hydrogen-bond acceptors (Lipinski definition) is 7. The minimum Gasteiger partial charge on any atom is -0.355 e. The summed E-state index contributed by atoms with van der Waals surface area (Å²) >= 11 is 0. The maximum atomic E-state index is 12.8. The van der Waals surface area contributed by atoms with E-state index < -0.39 is 9.84 Å². The molecule has 36 heavy (non-hydrogen) atoms. The van der Waals surface area contributed by atoms with E-state index in [-0.39, 0.29) is 23.0 Å². The van der Waals surface area contributed by atoms with Crippen molar-refractivity contribution in [1.82, 2.24) is 19.9 Å². The third-order valence-corrected chi connectivity index (χ3v) is 8.13. The number of amides is 1. The van der Waals surface area contributed by atoms with Crippen molar-refractivity contribution in [1.29, 1.82) is 0 Å². The largest absolute Gasteiger partial charge is 0.355 e. The normalized spacial score (nSPS) is 14.6. The molecule has 2 aromatic heterocycles. The van der Waals surface area contributed by atoms with Crippen LogP contribution < -0.4 is 4.90 Å². The van der Waals surface area contributed by atoms with Gasteiger partial charge in [-0.1, -0.05) is 36.4 Å². The molecule has 5 rings (SSSR count). The lowest BCUT2D eigenvalue weighted by molar-refractivity contribution is -0.130. The van der Waals surface area contributed by atoms with Crippen LogP contribution in [0.25, 0.3) is 22.2 Å². The predicted octanol–water partition coefficient (Wildman–Crippen LogP) is 3.59. The Morgan fingerprint density at radius 3 is 2.53 bits per heavy atom. The Morgan fingerprint density at radius 2 is 1.67 bits per heavy atom. The highest BCUT2D eigenvalue weighted by atomic mass is 32.2. The maximum absolute atomic E-state index is 12.8. The Hall–Kier alpha value is -3.85. The zero-order valence-electron chi connectivity index (χ0n) is 19.8. The first-order chi connectivity index (χ1) is 17.5. The van der Waals surface area contributed by atoms with E-state index in [9.17, 15) is 13.2 Å². The number of benzene rings is 2. The van der Waals surface area contributed by atoms with E-state index in [4.69, 9.17) is 0 Å². The number of pyridine rings is 1. The standard InChI is InChI=1S/C27H27N5O3S/c33-27(11-16-36(34,35)23-8-2-1-3-9-23)32-13-6-12-31(14-15-32)26-18-25(29-20-30-26)22-17-21-7-4-5-10-24(21)28-19-22/h1-5,7-10,17-20H,6,11-16H2. The van der Waals surface area contributed by atoms with Gasteiger partial charge in [0.25, 0.3) is 0 Å². The summed E-state index contributed by atoms with van der Waals surface area (Å²) in [6.45, 7) is 2.47. The quantitative estimate of drug-likeness (QED) is 0.398. The van der Waals surface area contributed by atoms with Gasteiger partial charge in [-0.3, -0.25) is 9.78 Å². The molecular weight excluding hydrogens is 474 g/mol. The fourth-order valence-corrected chi connectivity index (χ4v) is 5.66. The summed E-state index contributed by atoms with van der Waals surface area (Å²) in [6, 6.07) is 20.3. The van der Waals surface area contributed by atoms with Crippen molar-refractivity contribution < 1.29 is 13.2 Å². The van der Waals surface area contributed by atoms with Crippen LogP contribution in [0.4, 0.5) is 5.82 Å². The van der Waals surface area contributed by atoms with Crippen LogP contribution in [0.15, 0.2) is 84.1 Å². The molecule has 2 aromatic carbocycles. The molecular formula is C27H27N5O3S. The number of carbonyl (C=O) groups excluding carboxylic acids is 1. The van der Waals surface area contributed by atoms with E-state index >= 15 is 0 Å². The van der Waals surface area contributed by atoms with Crippen LogP contribution in [-0.4, -0.2) is 66.1 Å². The number of rotatable bonds is 6. The Morgan fingerprint density at radius 1 is 0.861 bits per heavy atom. The molecule has 0 bridgehead atoms. The molecule has 0 radical (unpaired) electrons. The number of nitrogens with zero attached hydrogens (tertiary/aromatic N) is 5. The van der Waals surface area contributed by atoms with Crippen molar-refractivity contribution >= 4 is 32.5 Å². The Kier molecular flexibility index (Phi) is 6.90. The van der Waals surface area contributed by atoms with Crippen molar-refractivity contribution in [2.24, 2.45) is 0 Å². The van der Waals surface area contributed by atoms with Crippen molar-refractivity contribution in [2.45, 2.75) is 17.7 Å². The van der Waals surface area contributed by atoms with Crippen molar-refractivity contribution in [3.63, 3.8) is 0 Å². The number of hydrogen-bond donors (Lipinski definition) is 0. The second-order valence-electron chi connectivity index (χ2n) is 8.78.